The van der Waals surface area contributed by atoms with E-state index in [9.17, 15) is 9.59 Å². The summed E-state index contributed by atoms with van der Waals surface area (Å²) in [5, 5.41) is 3.03. The zero-order valence-electron chi connectivity index (χ0n) is 25.6. The minimum absolute atomic E-state index is 0.0830. The van der Waals surface area contributed by atoms with Crippen molar-refractivity contribution in [2.45, 2.75) is 72.9 Å². The van der Waals surface area contributed by atoms with Crippen LogP contribution in [0.5, 0.6) is 0 Å². The van der Waals surface area contributed by atoms with Gasteiger partial charge in [0.05, 0.1) is 0 Å². The second-order valence-electron chi connectivity index (χ2n) is 11.2. The lowest BCUT2D eigenvalue weighted by atomic mass is 9.93. The maximum atomic E-state index is 13.3. The van der Waals surface area contributed by atoms with Gasteiger partial charge >= 0.3 is 0 Å². The predicted octanol–water partition coefficient (Wildman–Crippen LogP) is 5.58. The Balaban J connectivity index is 1.31. The summed E-state index contributed by atoms with van der Waals surface area (Å²) in [5.74, 6) is 1.60. The van der Waals surface area contributed by atoms with Crippen molar-refractivity contribution >= 4 is 34.5 Å². The zero-order chi connectivity index (χ0) is 30.0. The summed E-state index contributed by atoms with van der Waals surface area (Å²) in [5.41, 5.74) is 6.75. The van der Waals surface area contributed by atoms with E-state index in [0.29, 0.717) is 29.4 Å². The number of carbonyl (C=O) groups excluding carboxylic acids is 2. The summed E-state index contributed by atoms with van der Waals surface area (Å²) >= 11 is 0. The van der Waals surface area contributed by atoms with Crippen molar-refractivity contribution in [1.82, 2.24) is 24.8 Å². The molecule has 0 bridgehead atoms. The summed E-state index contributed by atoms with van der Waals surface area (Å²) in [6.45, 7) is 12.0. The molecule has 9 heteroatoms. The van der Waals surface area contributed by atoms with E-state index < -0.39 is 0 Å². The van der Waals surface area contributed by atoms with Crippen LogP contribution >= 0.6 is 0 Å². The van der Waals surface area contributed by atoms with Gasteiger partial charge in [0, 0.05) is 45.3 Å². The smallest absolute Gasteiger partial charge is 0.287 e. The van der Waals surface area contributed by atoms with E-state index in [0.717, 1.165) is 67.0 Å². The molecule has 1 atom stereocenters. The molecule has 1 aliphatic heterocycles. The normalized spacial score (nSPS) is 14.6. The van der Waals surface area contributed by atoms with E-state index in [4.69, 9.17) is 9.97 Å². The number of benzene rings is 2. The molecule has 0 saturated heterocycles. The van der Waals surface area contributed by atoms with Crippen LogP contribution in [0.2, 0.25) is 0 Å². The number of nitrogens with one attached hydrogen (secondary N) is 1. The molecular formula is C33H41N7O2. The van der Waals surface area contributed by atoms with Gasteiger partial charge in [-0.15, -0.1) is 0 Å². The first-order valence-corrected chi connectivity index (χ1v) is 15.0. The molecule has 2 aromatic heterocycles. The molecule has 0 radical (unpaired) electrons. The third kappa shape index (κ3) is 5.73. The van der Waals surface area contributed by atoms with Gasteiger partial charge in [-0.25, -0.2) is 15.0 Å². The van der Waals surface area contributed by atoms with E-state index in [1.165, 1.54) is 5.56 Å². The van der Waals surface area contributed by atoms with Crippen molar-refractivity contribution in [1.29, 1.82) is 0 Å². The minimum atomic E-state index is -0.250. The number of aryl methyl sites for hydroxylation is 3. The quantitative estimate of drug-likeness (QED) is 0.284. The summed E-state index contributed by atoms with van der Waals surface area (Å²) in [6, 6.07) is 14.8. The Morgan fingerprint density at radius 1 is 1.00 bits per heavy atom. The number of amides is 2. The lowest BCUT2D eigenvalue weighted by molar-refractivity contribution is -0.117. The molecule has 1 aliphatic rings. The molecule has 1 N–H and O–H groups in total. The third-order valence-electron chi connectivity index (χ3n) is 7.99. The number of fused-ring (bicyclic) bond motifs is 2. The monoisotopic (exact) mass is 567 g/mol. The number of nitrogens with zero attached hydrogens (tertiary/aromatic N) is 6. The molecule has 42 heavy (non-hydrogen) atoms. The van der Waals surface area contributed by atoms with Crippen LogP contribution < -0.4 is 15.1 Å². The first-order valence-electron chi connectivity index (χ1n) is 15.0. The Hall–Kier alpha value is -4.27. The maximum Gasteiger partial charge on any atom is 0.287 e. The average Bonchev–Trinajstić information content (AvgIpc) is 3.31. The van der Waals surface area contributed by atoms with E-state index in [1.54, 1.807) is 11.5 Å². The van der Waals surface area contributed by atoms with Crippen molar-refractivity contribution in [3.63, 3.8) is 0 Å². The molecule has 0 aliphatic carbocycles. The number of aromatic nitrogens is 4. The average molecular weight is 568 g/mol. The first-order chi connectivity index (χ1) is 20.2. The molecule has 220 valence electrons. The number of rotatable bonds is 9. The van der Waals surface area contributed by atoms with Crippen molar-refractivity contribution in [2.75, 3.05) is 22.9 Å². The summed E-state index contributed by atoms with van der Waals surface area (Å²) in [6.07, 6.45) is 3.91. The molecule has 2 aromatic carbocycles. The predicted molar refractivity (Wildman–Crippen MR) is 168 cm³/mol. The fourth-order valence-corrected chi connectivity index (χ4v) is 5.93. The molecule has 0 unspecified atom stereocenters. The van der Waals surface area contributed by atoms with Gasteiger partial charge in [0.15, 0.2) is 17.0 Å². The second-order valence-corrected chi connectivity index (χ2v) is 11.2. The summed E-state index contributed by atoms with van der Waals surface area (Å²) in [7, 11) is 1.83. The Kier molecular flexibility index (Phi) is 8.56. The molecule has 3 heterocycles. The van der Waals surface area contributed by atoms with Crippen LogP contribution in [0.4, 0.5) is 11.5 Å². The van der Waals surface area contributed by atoms with Gasteiger partial charge in [-0.1, -0.05) is 44.2 Å². The van der Waals surface area contributed by atoms with Gasteiger partial charge in [-0.3, -0.25) is 9.59 Å². The maximum absolute atomic E-state index is 13.3. The van der Waals surface area contributed by atoms with Gasteiger partial charge < -0.3 is 19.7 Å². The van der Waals surface area contributed by atoms with E-state index >= 15 is 0 Å². The molecule has 9 nitrogen and oxygen atoms in total. The lowest BCUT2D eigenvalue weighted by Gasteiger charge is -2.34. The van der Waals surface area contributed by atoms with Gasteiger partial charge in [0.25, 0.3) is 5.91 Å². The van der Waals surface area contributed by atoms with E-state index in [-0.39, 0.29) is 17.9 Å². The number of hydrogen-bond acceptors (Lipinski definition) is 6. The highest BCUT2D eigenvalue weighted by atomic mass is 16.2. The first kappa shape index (κ1) is 29.2. The molecule has 0 fully saturated rings. The lowest BCUT2D eigenvalue weighted by Crippen LogP contribution is -2.40. The molecule has 4 aromatic rings. The van der Waals surface area contributed by atoms with Gasteiger partial charge in [-0.2, -0.15) is 0 Å². The van der Waals surface area contributed by atoms with Crippen LogP contribution in [0, 0.1) is 6.92 Å². The van der Waals surface area contributed by atoms with Crippen LogP contribution in [0.15, 0.2) is 42.5 Å². The highest BCUT2D eigenvalue weighted by Gasteiger charge is 2.26. The van der Waals surface area contributed by atoms with Crippen LogP contribution in [0.25, 0.3) is 22.3 Å². The Bertz CT molecular complexity index is 1600. The Morgan fingerprint density at radius 2 is 1.69 bits per heavy atom. The van der Waals surface area contributed by atoms with Gasteiger partial charge in [-0.05, 0) is 73.9 Å². The van der Waals surface area contributed by atoms with Crippen LogP contribution in [-0.4, -0.2) is 50.5 Å². The largest absolute Gasteiger partial charge is 0.355 e. The fourth-order valence-electron chi connectivity index (χ4n) is 5.93. The van der Waals surface area contributed by atoms with Crippen LogP contribution in [0.1, 0.15) is 74.5 Å². The highest BCUT2D eigenvalue weighted by molar-refractivity contribution is 5.96. The second kappa shape index (κ2) is 12.3. The van der Waals surface area contributed by atoms with Crippen molar-refractivity contribution in [2.24, 2.45) is 7.05 Å². The number of carbonyl (C=O) groups is 2. The van der Waals surface area contributed by atoms with Crippen molar-refractivity contribution in [3.8, 4) is 11.1 Å². The minimum Gasteiger partial charge on any atom is -0.355 e. The fraction of sp³-hybridized carbons (Fsp3) is 0.424. The molecule has 0 saturated carbocycles. The van der Waals surface area contributed by atoms with Gasteiger partial charge in [0.2, 0.25) is 11.7 Å². The van der Waals surface area contributed by atoms with Crippen LogP contribution in [0.3, 0.4) is 0 Å². The van der Waals surface area contributed by atoms with E-state index in [2.05, 4.69) is 66.3 Å². The van der Waals surface area contributed by atoms with E-state index in [1.807, 2.05) is 31.0 Å². The zero-order valence-corrected chi connectivity index (χ0v) is 25.6. The topological polar surface area (TPSA) is 96.2 Å². The highest BCUT2D eigenvalue weighted by Crippen LogP contribution is 2.34. The number of imidazole rings is 1. The number of anilines is 2. The van der Waals surface area contributed by atoms with Crippen LogP contribution in [-0.2, 0) is 24.8 Å². The molecule has 0 spiro atoms. The summed E-state index contributed by atoms with van der Waals surface area (Å²) in [4.78, 5) is 43.6. The molecule has 5 rings (SSSR count). The SMILES string of the molecule is CCCN(CCC)c1nc(C)nc2c1nc(C(=O)NCc1ccc(-c3ccc4c(c3)CC[C@H](C)N4C(C)=O)cc1)n2C. The third-order valence-corrected chi connectivity index (χ3v) is 7.99. The Morgan fingerprint density at radius 3 is 2.36 bits per heavy atom. The van der Waals surface area contributed by atoms with Crippen molar-refractivity contribution in [3.05, 3.63) is 65.2 Å². The number of hydrogen-bond donors (Lipinski definition) is 1. The molecular weight excluding hydrogens is 526 g/mol. The summed E-state index contributed by atoms with van der Waals surface area (Å²) < 4.78 is 1.76. The van der Waals surface area contributed by atoms with Crippen molar-refractivity contribution < 1.29 is 9.59 Å². The standard InChI is InChI=1S/C33H41N7O2/c1-7-17-39(18-8-2)31-29-30(35-22(4)36-31)38(6)32(37-29)33(42)34-20-24-10-13-25(14-11-24)26-15-16-28-27(19-26)12-9-21(3)40(28)23(5)41/h10-11,13-16,19,21H,7-9,12,17-18,20H2,1-6H3,(H,34,42)/t21-/m0/s1. The Labute approximate surface area is 248 Å². The van der Waals surface area contributed by atoms with Gasteiger partial charge in [0.1, 0.15) is 5.82 Å². The molecule has 2 amide bonds.